The highest BCUT2D eigenvalue weighted by atomic mass is 16.6. The highest BCUT2D eigenvalue weighted by Crippen LogP contribution is 2.20. The number of amides is 3. The Labute approximate surface area is 161 Å². The summed E-state index contributed by atoms with van der Waals surface area (Å²) in [6.07, 6.45) is 2.99. The first-order valence-corrected chi connectivity index (χ1v) is 9.13. The Hall–Kier alpha value is -3.36. The zero-order valence-corrected chi connectivity index (χ0v) is 15.4. The van der Waals surface area contributed by atoms with Crippen LogP contribution in [0.3, 0.4) is 0 Å². The monoisotopic (exact) mass is 383 g/mol. The first-order chi connectivity index (χ1) is 13.5. The van der Waals surface area contributed by atoms with Crippen LogP contribution < -0.4 is 10.1 Å². The number of piperazine rings is 2. The molecule has 0 spiro atoms. The molecule has 2 N–H and O–H groups in total. The zero-order chi connectivity index (χ0) is 19.7. The third kappa shape index (κ3) is 3.55. The molecule has 2 aliphatic heterocycles. The second-order valence-corrected chi connectivity index (χ2v) is 7.02. The Kier molecular flexibility index (Phi) is 4.72. The Balaban J connectivity index is 1.40. The molecule has 146 valence electrons. The summed E-state index contributed by atoms with van der Waals surface area (Å²) >= 11 is 0. The van der Waals surface area contributed by atoms with E-state index in [2.05, 4.69) is 15.3 Å². The lowest BCUT2D eigenvalue weighted by Crippen LogP contribution is -2.70. The van der Waals surface area contributed by atoms with Crippen molar-refractivity contribution in [3.05, 3.63) is 48.0 Å². The summed E-state index contributed by atoms with van der Waals surface area (Å²) in [6.45, 7) is 2.67. The summed E-state index contributed by atoms with van der Waals surface area (Å²) in [5.41, 5.74) is 1.84. The molecule has 1 aromatic carbocycles. The van der Waals surface area contributed by atoms with Crippen molar-refractivity contribution < 1.29 is 19.1 Å². The quantitative estimate of drug-likeness (QED) is 0.801. The maximum atomic E-state index is 12.8. The first kappa shape index (κ1) is 18.0. The molecule has 9 nitrogen and oxygen atoms in total. The van der Waals surface area contributed by atoms with E-state index in [0.29, 0.717) is 25.3 Å². The molecule has 2 fully saturated rings. The minimum atomic E-state index is -0.704. The van der Waals surface area contributed by atoms with Crippen LogP contribution in [0.2, 0.25) is 0 Å². The number of nitrogens with zero attached hydrogens (tertiary/aromatic N) is 3. The molecule has 0 aliphatic carbocycles. The number of aromatic amines is 1. The predicted molar refractivity (Wildman–Crippen MR) is 98.5 cm³/mol. The number of aromatic nitrogens is 2. The maximum Gasteiger partial charge on any atom is 0.415 e. The van der Waals surface area contributed by atoms with Gasteiger partial charge in [-0.1, -0.05) is 17.7 Å². The topological polar surface area (TPSA) is 108 Å². The van der Waals surface area contributed by atoms with Crippen molar-refractivity contribution in [3.63, 3.8) is 0 Å². The van der Waals surface area contributed by atoms with Crippen LogP contribution >= 0.6 is 0 Å². The lowest BCUT2D eigenvalue weighted by atomic mass is 10.0. The fourth-order valence-electron chi connectivity index (χ4n) is 3.49. The SMILES string of the molecule is Cc1ccc(OC(=O)N2CCN3C(=O)[C@H](Cc4cnc[nH]4)NC(=O)[C@H]3C2)cc1. The number of carbonyl (C=O) groups is 3. The minimum absolute atomic E-state index is 0.110. The number of carbonyl (C=O) groups excluding carboxylic acids is 3. The van der Waals surface area contributed by atoms with Gasteiger partial charge < -0.3 is 24.8 Å². The van der Waals surface area contributed by atoms with Crippen molar-refractivity contribution in [1.82, 2.24) is 25.1 Å². The molecule has 0 unspecified atom stereocenters. The van der Waals surface area contributed by atoms with Crippen LogP contribution in [-0.2, 0) is 16.0 Å². The molecular formula is C19H21N5O4. The third-order valence-electron chi connectivity index (χ3n) is 5.04. The Morgan fingerprint density at radius 1 is 1.25 bits per heavy atom. The van der Waals surface area contributed by atoms with Gasteiger partial charge in [0.2, 0.25) is 11.8 Å². The van der Waals surface area contributed by atoms with Gasteiger partial charge in [0.25, 0.3) is 0 Å². The average Bonchev–Trinajstić information content (AvgIpc) is 3.20. The molecule has 28 heavy (non-hydrogen) atoms. The van der Waals surface area contributed by atoms with E-state index in [4.69, 9.17) is 4.74 Å². The van der Waals surface area contributed by atoms with Crippen LogP contribution in [0.15, 0.2) is 36.8 Å². The van der Waals surface area contributed by atoms with Crippen molar-refractivity contribution in [1.29, 1.82) is 0 Å². The summed E-state index contributed by atoms with van der Waals surface area (Å²) in [7, 11) is 0. The van der Waals surface area contributed by atoms with E-state index < -0.39 is 18.2 Å². The molecule has 3 heterocycles. The molecule has 2 aromatic rings. The number of imidazole rings is 1. The number of nitrogens with one attached hydrogen (secondary N) is 2. The number of aryl methyl sites for hydroxylation is 1. The van der Waals surface area contributed by atoms with Gasteiger partial charge in [-0.05, 0) is 19.1 Å². The van der Waals surface area contributed by atoms with Gasteiger partial charge in [-0.2, -0.15) is 0 Å². The number of fused-ring (bicyclic) bond motifs is 1. The Bertz CT molecular complexity index is 880. The third-order valence-corrected chi connectivity index (χ3v) is 5.04. The second kappa shape index (κ2) is 7.34. The number of ether oxygens (including phenoxy) is 1. The summed E-state index contributed by atoms with van der Waals surface area (Å²) in [5.74, 6) is 0.0320. The van der Waals surface area contributed by atoms with Gasteiger partial charge in [-0.3, -0.25) is 9.59 Å². The summed E-state index contributed by atoms with van der Waals surface area (Å²) in [6, 6.07) is 5.82. The minimum Gasteiger partial charge on any atom is -0.410 e. The van der Waals surface area contributed by atoms with Crippen LogP contribution in [0.4, 0.5) is 4.79 Å². The summed E-state index contributed by atoms with van der Waals surface area (Å²) in [5, 5.41) is 2.76. The molecule has 3 amide bonds. The van der Waals surface area contributed by atoms with E-state index in [1.54, 1.807) is 23.2 Å². The number of H-pyrrole nitrogens is 1. The molecule has 2 aliphatic rings. The van der Waals surface area contributed by atoms with E-state index in [0.717, 1.165) is 11.3 Å². The van der Waals surface area contributed by atoms with Crippen LogP contribution in [0.5, 0.6) is 5.75 Å². The van der Waals surface area contributed by atoms with Gasteiger partial charge in [0.15, 0.2) is 0 Å². The van der Waals surface area contributed by atoms with E-state index in [1.165, 1.54) is 11.2 Å². The molecule has 2 saturated heterocycles. The molecule has 0 saturated carbocycles. The standard InChI is InChI=1S/C19H21N5O4/c1-12-2-4-14(5-3-12)28-19(27)23-6-7-24-16(10-23)17(25)22-15(18(24)26)8-13-9-20-11-21-13/h2-5,9,11,15-16H,6-8,10H2,1H3,(H,20,21)(H,22,25)/t15-,16+/m0/s1. The van der Waals surface area contributed by atoms with Gasteiger partial charge >= 0.3 is 6.09 Å². The molecule has 0 bridgehead atoms. The van der Waals surface area contributed by atoms with Crippen molar-refractivity contribution in [2.75, 3.05) is 19.6 Å². The Morgan fingerprint density at radius 2 is 2.04 bits per heavy atom. The summed E-state index contributed by atoms with van der Waals surface area (Å²) < 4.78 is 5.38. The number of hydrogen-bond donors (Lipinski definition) is 2. The van der Waals surface area contributed by atoms with E-state index in [9.17, 15) is 14.4 Å². The number of hydrogen-bond acceptors (Lipinski definition) is 5. The van der Waals surface area contributed by atoms with Gasteiger partial charge in [0, 0.05) is 31.4 Å². The smallest absolute Gasteiger partial charge is 0.410 e. The molecule has 9 heteroatoms. The largest absolute Gasteiger partial charge is 0.415 e. The Morgan fingerprint density at radius 3 is 2.75 bits per heavy atom. The van der Waals surface area contributed by atoms with Crippen LogP contribution in [-0.4, -0.2) is 69.4 Å². The molecular weight excluding hydrogens is 362 g/mol. The first-order valence-electron chi connectivity index (χ1n) is 9.13. The van der Waals surface area contributed by atoms with Gasteiger partial charge in [0.1, 0.15) is 17.8 Å². The molecule has 4 rings (SSSR count). The van der Waals surface area contributed by atoms with E-state index in [1.807, 2.05) is 19.1 Å². The lowest BCUT2D eigenvalue weighted by molar-refractivity contribution is -0.152. The van der Waals surface area contributed by atoms with Crippen molar-refractivity contribution in [2.45, 2.75) is 25.4 Å². The van der Waals surface area contributed by atoms with Crippen molar-refractivity contribution in [3.8, 4) is 5.75 Å². The molecule has 1 aromatic heterocycles. The van der Waals surface area contributed by atoms with E-state index in [-0.39, 0.29) is 18.4 Å². The van der Waals surface area contributed by atoms with Crippen molar-refractivity contribution >= 4 is 17.9 Å². The van der Waals surface area contributed by atoms with E-state index >= 15 is 0 Å². The van der Waals surface area contributed by atoms with Crippen LogP contribution in [0, 0.1) is 6.92 Å². The summed E-state index contributed by atoms with van der Waals surface area (Å²) in [4.78, 5) is 47.7. The van der Waals surface area contributed by atoms with Gasteiger partial charge in [-0.15, -0.1) is 0 Å². The fourth-order valence-corrected chi connectivity index (χ4v) is 3.49. The number of benzene rings is 1. The van der Waals surface area contributed by atoms with Gasteiger partial charge in [0.05, 0.1) is 12.9 Å². The molecule has 2 atom stereocenters. The highest BCUT2D eigenvalue weighted by molar-refractivity contribution is 5.97. The normalized spacial score (nSPS) is 21.9. The zero-order valence-electron chi connectivity index (χ0n) is 15.4. The number of rotatable bonds is 3. The highest BCUT2D eigenvalue weighted by Gasteiger charge is 2.44. The predicted octanol–water partition coefficient (Wildman–Crippen LogP) is 0.471. The van der Waals surface area contributed by atoms with Crippen LogP contribution in [0.1, 0.15) is 11.3 Å². The maximum absolute atomic E-state index is 12.8. The van der Waals surface area contributed by atoms with Crippen LogP contribution in [0.25, 0.3) is 0 Å². The molecule has 0 radical (unpaired) electrons. The second-order valence-electron chi connectivity index (χ2n) is 7.02. The lowest BCUT2D eigenvalue weighted by Gasteiger charge is -2.44. The van der Waals surface area contributed by atoms with Crippen molar-refractivity contribution in [2.24, 2.45) is 0 Å². The fraction of sp³-hybridized carbons (Fsp3) is 0.368. The van der Waals surface area contributed by atoms with Gasteiger partial charge in [-0.25, -0.2) is 9.78 Å². The average molecular weight is 383 g/mol.